The predicted octanol–water partition coefficient (Wildman–Crippen LogP) is 4.89. The summed E-state index contributed by atoms with van der Waals surface area (Å²) in [7, 11) is 0. The molecule has 9 heteroatoms. The van der Waals surface area contributed by atoms with Crippen LogP contribution in [0.4, 0.5) is 0 Å². The van der Waals surface area contributed by atoms with Crippen LogP contribution in [0.2, 0.25) is 0 Å². The number of benzene rings is 2. The molecule has 6 rings (SSSR count). The minimum Gasteiger partial charge on any atom is -0.503 e. The number of aliphatic hydroxyl groups is 1. The third-order valence-electron chi connectivity index (χ3n) is 7.82. The van der Waals surface area contributed by atoms with Crippen LogP contribution in [0.5, 0.6) is 0 Å². The van der Waals surface area contributed by atoms with E-state index in [-0.39, 0.29) is 11.4 Å². The lowest BCUT2D eigenvalue weighted by atomic mass is 9.93. The molecule has 1 fully saturated rings. The lowest BCUT2D eigenvalue weighted by Crippen LogP contribution is -2.43. The first-order valence-electron chi connectivity index (χ1n) is 13.4. The number of morpholine rings is 1. The van der Waals surface area contributed by atoms with Gasteiger partial charge in [-0.2, -0.15) is 0 Å². The molecule has 2 aromatic carbocycles. The number of hydrogen-bond donors (Lipinski definition) is 1. The zero-order valence-corrected chi connectivity index (χ0v) is 23.2. The van der Waals surface area contributed by atoms with E-state index in [0.717, 1.165) is 35.4 Å². The molecular formula is C30H32N4O4S. The van der Waals surface area contributed by atoms with Crippen LogP contribution in [-0.4, -0.2) is 75.4 Å². The number of imidazole rings is 1. The molecule has 0 radical (unpaired) electrons. The molecule has 8 nitrogen and oxygen atoms in total. The normalized spacial score (nSPS) is 18.8. The molecule has 2 aliphatic rings. The molecule has 1 amide bonds. The van der Waals surface area contributed by atoms with Gasteiger partial charge in [0.05, 0.1) is 40.7 Å². The van der Waals surface area contributed by atoms with Crippen molar-refractivity contribution in [3.8, 4) is 0 Å². The molecule has 1 N–H and O–H groups in total. The van der Waals surface area contributed by atoms with Gasteiger partial charge in [0.15, 0.2) is 10.7 Å². The molecule has 0 saturated carbocycles. The molecule has 0 spiro atoms. The number of ether oxygens (including phenoxy) is 1. The number of Topliss-reactive ketones (excluding diaryl/α,β-unsaturated/α-hetero) is 1. The number of aromatic nitrogens is 2. The van der Waals surface area contributed by atoms with Crippen molar-refractivity contribution in [3.63, 3.8) is 0 Å². The first kappa shape index (κ1) is 25.7. The number of aliphatic hydroxyl groups excluding tert-OH is 1. The van der Waals surface area contributed by atoms with Gasteiger partial charge in [-0.25, -0.2) is 4.98 Å². The molecular weight excluding hydrogens is 512 g/mol. The van der Waals surface area contributed by atoms with Crippen LogP contribution in [0.25, 0.3) is 16.0 Å². The van der Waals surface area contributed by atoms with Crippen molar-refractivity contribution >= 4 is 39.0 Å². The van der Waals surface area contributed by atoms with Gasteiger partial charge in [0.2, 0.25) is 5.78 Å². The quantitative estimate of drug-likeness (QED) is 0.334. The maximum Gasteiger partial charge on any atom is 0.290 e. The van der Waals surface area contributed by atoms with Crippen LogP contribution in [0, 0.1) is 6.92 Å². The molecule has 2 aliphatic heterocycles. The van der Waals surface area contributed by atoms with Gasteiger partial charge in [0.25, 0.3) is 5.91 Å². The van der Waals surface area contributed by atoms with E-state index < -0.39 is 17.7 Å². The summed E-state index contributed by atoms with van der Waals surface area (Å²) in [5.41, 5.74) is 4.66. The number of rotatable bonds is 7. The van der Waals surface area contributed by atoms with Gasteiger partial charge in [-0.1, -0.05) is 61.6 Å². The molecule has 0 unspecified atom stereocenters. The molecule has 39 heavy (non-hydrogen) atoms. The summed E-state index contributed by atoms with van der Waals surface area (Å²) < 4.78 is 7.44. The van der Waals surface area contributed by atoms with Gasteiger partial charge in [0.1, 0.15) is 0 Å². The number of hydrogen-bond acceptors (Lipinski definition) is 7. The molecule has 0 aliphatic carbocycles. The third-order valence-corrected chi connectivity index (χ3v) is 8.96. The van der Waals surface area contributed by atoms with Gasteiger partial charge in [-0.05, 0) is 36.1 Å². The molecule has 1 saturated heterocycles. The van der Waals surface area contributed by atoms with Crippen LogP contribution in [0.15, 0.2) is 59.9 Å². The van der Waals surface area contributed by atoms with Crippen LogP contribution in [0.1, 0.15) is 52.3 Å². The minimum atomic E-state index is -0.669. The Morgan fingerprint density at radius 2 is 1.82 bits per heavy atom. The summed E-state index contributed by atoms with van der Waals surface area (Å²) in [4.78, 5) is 37.4. The number of aryl methyl sites for hydroxylation is 1. The highest BCUT2D eigenvalue weighted by Gasteiger charge is 2.44. The van der Waals surface area contributed by atoms with E-state index in [1.165, 1.54) is 16.9 Å². The molecule has 4 aromatic rings. The number of carbonyl (C=O) groups is 2. The van der Waals surface area contributed by atoms with Crippen molar-refractivity contribution in [2.24, 2.45) is 0 Å². The van der Waals surface area contributed by atoms with Gasteiger partial charge in [-0.3, -0.25) is 18.9 Å². The number of carbonyl (C=O) groups excluding carboxylic acids is 2. The van der Waals surface area contributed by atoms with Gasteiger partial charge in [-0.15, -0.1) is 0 Å². The summed E-state index contributed by atoms with van der Waals surface area (Å²) in [5, 5.41) is 11.2. The second-order valence-corrected chi connectivity index (χ2v) is 11.5. The monoisotopic (exact) mass is 544 g/mol. The number of ketones is 1. The van der Waals surface area contributed by atoms with Crippen molar-refractivity contribution in [1.82, 2.24) is 19.2 Å². The second-order valence-electron chi connectivity index (χ2n) is 10.5. The van der Waals surface area contributed by atoms with E-state index in [4.69, 9.17) is 9.72 Å². The van der Waals surface area contributed by atoms with Crippen LogP contribution >= 0.6 is 11.3 Å². The minimum absolute atomic E-state index is 0.135. The Bertz CT molecular complexity index is 1590. The number of fused-ring (bicyclic) bond motifs is 3. The Balaban J connectivity index is 1.40. The molecule has 4 heterocycles. The Morgan fingerprint density at radius 1 is 1.10 bits per heavy atom. The Hall–Kier alpha value is -3.53. The van der Waals surface area contributed by atoms with E-state index in [9.17, 15) is 14.7 Å². The van der Waals surface area contributed by atoms with E-state index in [2.05, 4.69) is 18.7 Å². The van der Waals surface area contributed by atoms with Crippen LogP contribution < -0.4 is 0 Å². The van der Waals surface area contributed by atoms with Crippen molar-refractivity contribution in [2.75, 3.05) is 39.4 Å². The summed E-state index contributed by atoms with van der Waals surface area (Å²) in [6, 6.07) is 15.2. The number of amides is 1. The SMILES string of the molecule is Cc1c(C(=O)C2=C(O)C(=O)N(CCN3CCOCC3)[C@H]2c2ccc(C(C)C)cc2)sc2nc3ccccc3n12. The van der Waals surface area contributed by atoms with Gasteiger partial charge in [0, 0.05) is 31.9 Å². The van der Waals surface area contributed by atoms with Crippen molar-refractivity contribution in [2.45, 2.75) is 32.7 Å². The van der Waals surface area contributed by atoms with Crippen LogP contribution in [0.3, 0.4) is 0 Å². The van der Waals surface area contributed by atoms with Crippen LogP contribution in [-0.2, 0) is 9.53 Å². The lowest BCUT2D eigenvalue weighted by molar-refractivity contribution is -0.129. The van der Waals surface area contributed by atoms with E-state index in [1.807, 2.05) is 59.9 Å². The lowest BCUT2D eigenvalue weighted by Gasteiger charge is -2.31. The van der Waals surface area contributed by atoms with E-state index in [1.54, 1.807) is 4.90 Å². The summed E-state index contributed by atoms with van der Waals surface area (Å²) in [5.74, 6) is -0.944. The largest absolute Gasteiger partial charge is 0.503 e. The average Bonchev–Trinajstić information content (AvgIpc) is 3.56. The first-order chi connectivity index (χ1) is 18.8. The molecule has 202 valence electrons. The Morgan fingerprint density at radius 3 is 2.54 bits per heavy atom. The summed E-state index contributed by atoms with van der Waals surface area (Å²) in [6.45, 7) is 10.1. The standard InChI is InChI=1S/C30H32N4O4S/c1-18(2)20-8-10-21(11-9-20)25-24(27(36)29(37)33(25)13-12-32-14-16-38-17-15-32)26(35)28-19(3)34-23-7-5-4-6-22(23)31-30(34)39-28/h4-11,18,25,36H,12-17H2,1-3H3/t25-/m0/s1. The summed E-state index contributed by atoms with van der Waals surface area (Å²) >= 11 is 1.29. The molecule has 2 aromatic heterocycles. The zero-order chi connectivity index (χ0) is 27.3. The zero-order valence-electron chi connectivity index (χ0n) is 22.4. The number of thiazole rings is 1. The number of nitrogens with zero attached hydrogens (tertiary/aromatic N) is 4. The van der Waals surface area contributed by atoms with Gasteiger partial charge >= 0.3 is 0 Å². The predicted molar refractivity (Wildman–Crippen MR) is 152 cm³/mol. The van der Waals surface area contributed by atoms with Crippen molar-refractivity contribution in [1.29, 1.82) is 0 Å². The van der Waals surface area contributed by atoms with Crippen molar-refractivity contribution < 1.29 is 19.4 Å². The highest BCUT2D eigenvalue weighted by atomic mass is 32.1. The van der Waals surface area contributed by atoms with E-state index >= 15 is 0 Å². The van der Waals surface area contributed by atoms with E-state index in [0.29, 0.717) is 42.1 Å². The highest BCUT2D eigenvalue weighted by molar-refractivity contribution is 7.19. The fraction of sp³-hybridized carbons (Fsp3) is 0.367. The topological polar surface area (TPSA) is 87.4 Å². The van der Waals surface area contributed by atoms with Crippen molar-refractivity contribution in [3.05, 3.63) is 81.6 Å². The number of para-hydroxylation sites is 2. The fourth-order valence-electron chi connectivity index (χ4n) is 5.60. The average molecular weight is 545 g/mol. The third kappa shape index (κ3) is 4.44. The molecule has 1 atom stereocenters. The fourth-order valence-corrected chi connectivity index (χ4v) is 6.69. The van der Waals surface area contributed by atoms with Gasteiger partial charge < -0.3 is 14.7 Å². The first-order valence-corrected chi connectivity index (χ1v) is 14.2. The Kier molecular flexibility index (Phi) is 6.74. The maximum absolute atomic E-state index is 14.2. The second kappa shape index (κ2) is 10.2. The Labute approximate surface area is 231 Å². The smallest absolute Gasteiger partial charge is 0.290 e. The summed E-state index contributed by atoms with van der Waals surface area (Å²) in [6.07, 6.45) is 0. The highest BCUT2D eigenvalue weighted by Crippen LogP contribution is 2.41. The maximum atomic E-state index is 14.2. The molecule has 0 bridgehead atoms.